The predicted octanol–water partition coefficient (Wildman–Crippen LogP) is 2.02. The molecule has 18 heavy (non-hydrogen) atoms. The van der Waals surface area contributed by atoms with Gasteiger partial charge in [0.2, 0.25) is 10.0 Å². The van der Waals surface area contributed by atoms with Crippen molar-refractivity contribution in [2.75, 3.05) is 5.73 Å². The number of halogens is 1. The number of nitrogens with two attached hydrogens (primary N) is 1. The minimum atomic E-state index is -3.72. The summed E-state index contributed by atoms with van der Waals surface area (Å²) >= 11 is 0. The molecule has 0 aromatic heterocycles. The summed E-state index contributed by atoms with van der Waals surface area (Å²) in [6, 6.07) is 3.34. The third kappa shape index (κ3) is 2.81. The van der Waals surface area contributed by atoms with Gasteiger partial charge in [0, 0.05) is 11.2 Å². The zero-order valence-corrected chi connectivity index (χ0v) is 11.1. The third-order valence-corrected chi connectivity index (χ3v) is 4.91. The Bertz CT molecular complexity index is 531. The molecule has 0 amide bonds. The van der Waals surface area contributed by atoms with Crippen molar-refractivity contribution < 1.29 is 12.8 Å². The van der Waals surface area contributed by atoms with Gasteiger partial charge >= 0.3 is 0 Å². The largest absolute Gasteiger partial charge is 0.399 e. The fourth-order valence-corrected chi connectivity index (χ4v) is 3.91. The molecule has 100 valence electrons. The van der Waals surface area contributed by atoms with Crippen molar-refractivity contribution in [3.8, 4) is 0 Å². The van der Waals surface area contributed by atoms with Gasteiger partial charge in [-0.2, -0.15) is 0 Å². The SMILES string of the molecule is CC1(NS(=O)(=O)c2cc(N)cc(F)c2)CCCC1. The van der Waals surface area contributed by atoms with Gasteiger partial charge < -0.3 is 5.73 Å². The van der Waals surface area contributed by atoms with Crippen molar-refractivity contribution in [2.24, 2.45) is 0 Å². The molecule has 6 heteroatoms. The van der Waals surface area contributed by atoms with Crippen LogP contribution < -0.4 is 10.5 Å². The van der Waals surface area contributed by atoms with E-state index in [0.717, 1.165) is 37.8 Å². The monoisotopic (exact) mass is 272 g/mol. The van der Waals surface area contributed by atoms with E-state index in [2.05, 4.69) is 4.72 Å². The van der Waals surface area contributed by atoms with E-state index in [9.17, 15) is 12.8 Å². The quantitative estimate of drug-likeness (QED) is 0.827. The van der Waals surface area contributed by atoms with Crippen LogP contribution in [0.15, 0.2) is 23.1 Å². The Morgan fingerprint density at radius 3 is 2.44 bits per heavy atom. The molecule has 0 aliphatic heterocycles. The smallest absolute Gasteiger partial charge is 0.241 e. The van der Waals surface area contributed by atoms with E-state index >= 15 is 0 Å². The first-order valence-electron chi connectivity index (χ1n) is 5.91. The van der Waals surface area contributed by atoms with Crippen LogP contribution in [0.4, 0.5) is 10.1 Å². The zero-order valence-electron chi connectivity index (χ0n) is 10.2. The van der Waals surface area contributed by atoms with Crippen molar-refractivity contribution in [2.45, 2.75) is 43.0 Å². The summed E-state index contributed by atoms with van der Waals surface area (Å²) in [6.45, 7) is 1.88. The van der Waals surface area contributed by atoms with Gasteiger partial charge in [-0.05, 0) is 38.0 Å². The average molecular weight is 272 g/mol. The van der Waals surface area contributed by atoms with E-state index in [1.807, 2.05) is 6.92 Å². The van der Waals surface area contributed by atoms with Gasteiger partial charge in [0.15, 0.2) is 0 Å². The first-order valence-corrected chi connectivity index (χ1v) is 7.39. The van der Waals surface area contributed by atoms with Crippen LogP contribution in [0.3, 0.4) is 0 Å². The molecule has 0 heterocycles. The van der Waals surface area contributed by atoms with Gasteiger partial charge in [-0.15, -0.1) is 0 Å². The molecule has 0 radical (unpaired) electrons. The van der Waals surface area contributed by atoms with Gasteiger partial charge in [0.1, 0.15) is 5.82 Å². The summed E-state index contributed by atoms with van der Waals surface area (Å²) in [5.41, 5.74) is 5.14. The molecule has 4 nitrogen and oxygen atoms in total. The van der Waals surface area contributed by atoms with Crippen LogP contribution in [0, 0.1) is 5.82 Å². The second-order valence-corrected chi connectivity index (χ2v) is 6.78. The molecule has 1 aliphatic rings. The molecular weight excluding hydrogens is 255 g/mol. The Balaban J connectivity index is 2.30. The Hall–Kier alpha value is -1.14. The standard InChI is InChI=1S/C12H17FN2O2S/c1-12(4-2-3-5-12)15-18(16,17)11-7-9(13)6-10(14)8-11/h6-8,15H,2-5,14H2,1H3. The van der Waals surface area contributed by atoms with Crippen LogP contribution in [0.5, 0.6) is 0 Å². The minimum Gasteiger partial charge on any atom is -0.399 e. The summed E-state index contributed by atoms with van der Waals surface area (Å²) < 4.78 is 40.2. The molecule has 1 fully saturated rings. The van der Waals surface area contributed by atoms with Crippen molar-refractivity contribution in [3.63, 3.8) is 0 Å². The maximum atomic E-state index is 13.2. The molecule has 3 N–H and O–H groups in total. The zero-order chi connectivity index (χ0) is 13.4. The number of nitrogen functional groups attached to an aromatic ring is 1. The molecule has 0 bridgehead atoms. The van der Waals surface area contributed by atoms with Crippen molar-refractivity contribution in [3.05, 3.63) is 24.0 Å². The molecule has 1 aromatic carbocycles. The number of rotatable bonds is 3. The van der Waals surface area contributed by atoms with Gasteiger partial charge in [0.25, 0.3) is 0 Å². The Morgan fingerprint density at radius 2 is 1.89 bits per heavy atom. The van der Waals surface area contributed by atoms with Crippen LogP contribution in [0.25, 0.3) is 0 Å². The number of hydrogen-bond donors (Lipinski definition) is 2. The topological polar surface area (TPSA) is 72.2 Å². The maximum absolute atomic E-state index is 13.2. The summed E-state index contributed by atoms with van der Waals surface area (Å²) in [5, 5.41) is 0. The fourth-order valence-electron chi connectivity index (χ4n) is 2.38. The highest BCUT2D eigenvalue weighted by Gasteiger charge is 2.33. The second-order valence-electron chi connectivity index (χ2n) is 5.09. The summed E-state index contributed by atoms with van der Waals surface area (Å²) in [6.07, 6.45) is 3.61. The van der Waals surface area contributed by atoms with E-state index in [4.69, 9.17) is 5.73 Å². The van der Waals surface area contributed by atoms with Crippen LogP contribution >= 0.6 is 0 Å². The predicted molar refractivity (Wildman–Crippen MR) is 68.0 cm³/mol. The highest BCUT2D eigenvalue weighted by molar-refractivity contribution is 7.89. The van der Waals surface area contributed by atoms with Gasteiger partial charge in [0.05, 0.1) is 4.90 Å². The van der Waals surface area contributed by atoms with E-state index < -0.39 is 21.4 Å². The lowest BCUT2D eigenvalue weighted by molar-refractivity contribution is 0.427. The van der Waals surface area contributed by atoms with Crippen LogP contribution in [-0.2, 0) is 10.0 Å². The van der Waals surface area contributed by atoms with Gasteiger partial charge in [-0.25, -0.2) is 17.5 Å². The molecule has 1 saturated carbocycles. The Kier molecular flexibility index (Phi) is 3.33. The van der Waals surface area contributed by atoms with Crippen molar-refractivity contribution in [1.82, 2.24) is 4.72 Å². The fraction of sp³-hybridized carbons (Fsp3) is 0.500. The van der Waals surface area contributed by atoms with E-state index in [-0.39, 0.29) is 10.6 Å². The number of anilines is 1. The average Bonchev–Trinajstić information content (AvgIpc) is 2.62. The molecule has 2 rings (SSSR count). The normalized spacial score (nSPS) is 19.0. The lowest BCUT2D eigenvalue weighted by Crippen LogP contribution is -2.43. The van der Waals surface area contributed by atoms with Crippen LogP contribution in [-0.4, -0.2) is 14.0 Å². The Labute approximate surface area is 106 Å². The van der Waals surface area contributed by atoms with Crippen molar-refractivity contribution >= 4 is 15.7 Å². The summed E-state index contributed by atoms with van der Waals surface area (Å²) in [7, 11) is -3.72. The first-order chi connectivity index (χ1) is 8.31. The van der Waals surface area contributed by atoms with Gasteiger partial charge in [-0.1, -0.05) is 12.8 Å². The Morgan fingerprint density at radius 1 is 1.28 bits per heavy atom. The minimum absolute atomic E-state index is 0.104. The molecule has 1 aromatic rings. The highest BCUT2D eigenvalue weighted by atomic mass is 32.2. The summed E-state index contributed by atoms with van der Waals surface area (Å²) in [5.74, 6) is -0.646. The lowest BCUT2D eigenvalue weighted by Gasteiger charge is -2.24. The molecule has 0 saturated heterocycles. The van der Waals surface area contributed by atoms with Crippen molar-refractivity contribution in [1.29, 1.82) is 0 Å². The number of hydrogen-bond acceptors (Lipinski definition) is 3. The third-order valence-electron chi connectivity index (χ3n) is 3.29. The van der Waals surface area contributed by atoms with E-state index in [1.54, 1.807) is 0 Å². The molecular formula is C12H17FN2O2S. The van der Waals surface area contributed by atoms with Crippen LogP contribution in [0.1, 0.15) is 32.6 Å². The van der Waals surface area contributed by atoms with E-state index in [0.29, 0.717) is 0 Å². The maximum Gasteiger partial charge on any atom is 0.241 e. The number of sulfonamides is 1. The van der Waals surface area contributed by atoms with Gasteiger partial charge in [-0.3, -0.25) is 0 Å². The number of nitrogens with one attached hydrogen (secondary N) is 1. The lowest BCUT2D eigenvalue weighted by atomic mass is 10.0. The molecule has 0 spiro atoms. The molecule has 0 unspecified atom stereocenters. The number of benzene rings is 1. The van der Waals surface area contributed by atoms with Crippen LogP contribution in [0.2, 0.25) is 0 Å². The first kappa shape index (κ1) is 13.3. The summed E-state index contributed by atoms with van der Waals surface area (Å²) in [4.78, 5) is -0.117. The molecule has 0 atom stereocenters. The second kappa shape index (κ2) is 4.51. The highest BCUT2D eigenvalue weighted by Crippen LogP contribution is 2.30. The van der Waals surface area contributed by atoms with E-state index in [1.165, 1.54) is 6.07 Å². The molecule has 1 aliphatic carbocycles.